The van der Waals surface area contributed by atoms with Crippen LogP contribution in [0.2, 0.25) is 5.02 Å². The first kappa shape index (κ1) is 16.4. The molecule has 0 spiro atoms. The van der Waals surface area contributed by atoms with E-state index in [1.54, 1.807) is 12.1 Å². The second-order valence-electron chi connectivity index (χ2n) is 4.94. The van der Waals surface area contributed by atoms with Gasteiger partial charge in [0.2, 0.25) is 0 Å². The predicted molar refractivity (Wildman–Crippen MR) is 94.9 cm³/mol. The number of hydrogen-bond acceptors (Lipinski definition) is 7. The van der Waals surface area contributed by atoms with Crippen LogP contribution < -0.4 is 21.9 Å². The van der Waals surface area contributed by atoms with Crippen LogP contribution >= 0.6 is 22.9 Å². The van der Waals surface area contributed by atoms with Gasteiger partial charge < -0.3 is 21.9 Å². The Morgan fingerprint density at radius 1 is 1.33 bits per heavy atom. The maximum atomic E-state index is 10.9. The molecule has 3 aromatic rings. The van der Waals surface area contributed by atoms with E-state index in [9.17, 15) is 4.79 Å². The molecule has 2 heterocycles. The van der Waals surface area contributed by atoms with Crippen molar-refractivity contribution < 1.29 is 9.53 Å². The van der Waals surface area contributed by atoms with Crippen molar-refractivity contribution >= 4 is 44.7 Å². The molecule has 0 atom stereocenters. The summed E-state index contributed by atoms with van der Waals surface area (Å²) < 4.78 is 5.26. The lowest BCUT2D eigenvalue weighted by atomic mass is 10.1. The van der Waals surface area contributed by atoms with E-state index >= 15 is 0 Å². The van der Waals surface area contributed by atoms with Gasteiger partial charge >= 0.3 is 6.01 Å². The van der Waals surface area contributed by atoms with E-state index in [4.69, 9.17) is 33.5 Å². The summed E-state index contributed by atoms with van der Waals surface area (Å²) in [7, 11) is 0. The number of anilines is 1. The first-order valence-electron chi connectivity index (χ1n) is 6.95. The largest absolute Gasteiger partial charge is 0.453 e. The number of nitrogens with zero attached hydrogens (tertiary/aromatic N) is 2. The van der Waals surface area contributed by atoms with E-state index < -0.39 is 5.91 Å². The Morgan fingerprint density at radius 3 is 2.79 bits per heavy atom. The molecule has 0 aliphatic heterocycles. The van der Waals surface area contributed by atoms with Gasteiger partial charge in [-0.25, -0.2) is 0 Å². The summed E-state index contributed by atoms with van der Waals surface area (Å²) in [5.74, 6) is -0.614. The topological polar surface area (TPSA) is 130 Å². The normalized spacial score (nSPS) is 10.9. The molecular formula is C15H14ClN5O2S. The molecule has 1 aromatic carbocycles. The van der Waals surface area contributed by atoms with E-state index in [1.165, 1.54) is 11.3 Å². The SMILES string of the molecule is NCc1sc2nc(OCC(N)=O)nc(-c3cccc(Cl)c3)c2c1N. The number of hydrogen-bond donors (Lipinski definition) is 3. The number of nitrogen functional groups attached to an aromatic ring is 1. The molecule has 0 aliphatic rings. The van der Waals surface area contributed by atoms with E-state index in [0.717, 1.165) is 10.4 Å². The number of benzene rings is 1. The number of nitrogens with two attached hydrogens (primary N) is 3. The minimum atomic E-state index is -0.614. The van der Waals surface area contributed by atoms with Crippen molar-refractivity contribution in [1.82, 2.24) is 9.97 Å². The molecule has 6 N–H and O–H groups in total. The zero-order valence-electron chi connectivity index (χ0n) is 12.5. The highest BCUT2D eigenvalue weighted by Crippen LogP contribution is 2.39. The molecule has 124 valence electrons. The van der Waals surface area contributed by atoms with Crippen molar-refractivity contribution in [3.05, 3.63) is 34.2 Å². The second kappa shape index (κ2) is 6.60. The van der Waals surface area contributed by atoms with Gasteiger partial charge in [-0.2, -0.15) is 9.97 Å². The van der Waals surface area contributed by atoms with Gasteiger partial charge in [0, 0.05) is 22.0 Å². The highest BCUT2D eigenvalue weighted by atomic mass is 35.5. The number of rotatable bonds is 5. The Kier molecular flexibility index (Phi) is 4.52. The highest BCUT2D eigenvalue weighted by molar-refractivity contribution is 7.19. The third-order valence-corrected chi connectivity index (χ3v) is 4.63. The van der Waals surface area contributed by atoms with Crippen LogP contribution in [0, 0.1) is 0 Å². The highest BCUT2D eigenvalue weighted by Gasteiger charge is 2.18. The smallest absolute Gasteiger partial charge is 0.318 e. The minimum Gasteiger partial charge on any atom is -0.453 e. The molecule has 2 aromatic heterocycles. The monoisotopic (exact) mass is 363 g/mol. The molecule has 0 saturated carbocycles. The third-order valence-electron chi connectivity index (χ3n) is 3.27. The summed E-state index contributed by atoms with van der Waals surface area (Å²) >= 11 is 7.43. The Hall–Kier alpha value is -2.42. The number of fused-ring (bicyclic) bond motifs is 1. The number of amides is 1. The van der Waals surface area contributed by atoms with Crippen molar-refractivity contribution in [2.75, 3.05) is 12.3 Å². The molecule has 9 heteroatoms. The second-order valence-corrected chi connectivity index (χ2v) is 6.46. The number of carbonyl (C=O) groups is 1. The molecular weight excluding hydrogens is 350 g/mol. The predicted octanol–water partition coefficient (Wildman–Crippen LogP) is 1.92. The third kappa shape index (κ3) is 3.12. The van der Waals surface area contributed by atoms with Crippen LogP contribution in [0.25, 0.3) is 21.5 Å². The summed E-state index contributed by atoms with van der Waals surface area (Å²) in [6.07, 6.45) is 0. The van der Waals surface area contributed by atoms with Crippen LogP contribution in [-0.2, 0) is 11.3 Å². The number of halogens is 1. The van der Waals surface area contributed by atoms with Crippen LogP contribution in [0.1, 0.15) is 4.88 Å². The number of ether oxygens (including phenoxy) is 1. The molecule has 0 bridgehead atoms. The first-order valence-corrected chi connectivity index (χ1v) is 8.15. The molecule has 0 unspecified atom stereocenters. The Bertz CT molecular complexity index is 928. The van der Waals surface area contributed by atoms with E-state index in [2.05, 4.69) is 9.97 Å². The lowest BCUT2D eigenvalue weighted by Gasteiger charge is -2.08. The molecule has 3 rings (SSSR count). The van der Waals surface area contributed by atoms with Crippen molar-refractivity contribution in [3.8, 4) is 17.3 Å². The fraction of sp³-hybridized carbons (Fsp3) is 0.133. The van der Waals surface area contributed by atoms with E-state index in [0.29, 0.717) is 33.2 Å². The summed E-state index contributed by atoms with van der Waals surface area (Å²) in [6, 6.07) is 7.23. The van der Waals surface area contributed by atoms with Gasteiger partial charge in [-0.05, 0) is 12.1 Å². The molecule has 1 amide bonds. The lowest BCUT2D eigenvalue weighted by Crippen LogP contribution is -2.20. The summed E-state index contributed by atoms with van der Waals surface area (Å²) in [5.41, 5.74) is 18.9. The fourth-order valence-electron chi connectivity index (χ4n) is 2.24. The van der Waals surface area contributed by atoms with Gasteiger partial charge in [-0.15, -0.1) is 11.3 Å². The van der Waals surface area contributed by atoms with Crippen LogP contribution in [0.5, 0.6) is 6.01 Å². The van der Waals surface area contributed by atoms with E-state index in [-0.39, 0.29) is 12.6 Å². The van der Waals surface area contributed by atoms with E-state index in [1.807, 2.05) is 12.1 Å². The lowest BCUT2D eigenvalue weighted by molar-refractivity contribution is -0.120. The Labute approximate surface area is 146 Å². The number of carbonyl (C=O) groups excluding carboxylic acids is 1. The maximum Gasteiger partial charge on any atom is 0.318 e. The Balaban J connectivity index is 2.23. The molecule has 7 nitrogen and oxygen atoms in total. The molecule has 0 aliphatic carbocycles. The van der Waals surface area contributed by atoms with Crippen molar-refractivity contribution in [1.29, 1.82) is 0 Å². The molecule has 0 fully saturated rings. The van der Waals surface area contributed by atoms with Crippen LogP contribution in [-0.4, -0.2) is 22.5 Å². The summed E-state index contributed by atoms with van der Waals surface area (Å²) in [6.45, 7) is -0.0234. The molecule has 24 heavy (non-hydrogen) atoms. The van der Waals surface area contributed by atoms with Crippen molar-refractivity contribution in [2.45, 2.75) is 6.54 Å². The Morgan fingerprint density at radius 2 is 2.12 bits per heavy atom. The van der Waals surface area contributed by atoms with Crippen LogP contribution in [0.15, 0.2) is 24.3 Å². The number of thiophene rings is 1. The van der Waals surface area contributed by atoms with Gasteiger partial charge in [0.25, 0.3) is 5.91 Å². The van der Waals surface area contributed by atoms with Gasteiger partial charge in [-0.3, -0.25) is 4.79 Å². The van der Waals surface area contributed by atoms with Gasteiger partial charge in [0.1, 0.15) is 4.83 Å². The van der Waals surface area contributed by atoms with Gasteiger partial charge in [0.15, 0.2) is 6.61 Å². The van der Waals surface area contributed by atoms with Gasteiger partial charge in [0.05, 0.1) is 16.8 Å². The zero-order chi connectivity index (χ0) is 17.3. The number of aromatic nitrogens is 2. The van der Waals surface area contributed by atoms with Gasteiger partial charge in [-0.1, -0.05) is 23.7 Å². The maximum absolute atomic E-state index is 10.9. The quantitative estimate of drug-likeness (QED) is 0.634. The fourth-order valence-corrected chi connectivity index (χ4v) is 3.40. The van der Waals surface area contributed by atoms with Crippen LogP contribution in [0.3, 0.4) is 0 Å². The minimum absolute atomic E-state index is 0.0427. The zero-order valence-corrected chi connectivity index (χ0v) is 14.0. The average molecular weight is 364 g/mol. The first-order chi connectivity index (χ1) is 11.5. The van der Waals surface area contributed by atoms with Crippen LogP contribution in [0.4, 0.5) is 5.69 Å². The summed E-state index contributed by atoms with van der Waals surface area (Å²) in [4.78, 5) is 21.0. The number of primary amides is 1. The standard InChI is InChI=1S/C15H14ClN5O2S/c16-8-3-1-2-7(4-8)13-11-12(19)9(5-17)24-14(11)21-15(20-13)23-6-10(18)22/h1-4H,5-6,17,19H2,(H2,18,22). The summed E-state index contributed by atoms with van der Waals surface area (Å²) in [5, 5.41) is 1.25. The van der Waals surface area contributed by atoms with Crippen molar-refractivity contribution in [3.63, 3.8) is 0 Å². The average Bonchev–Trinajstić information content (AvgIpc) is 2.88. The molecule has 0 radical (unpaired) electrons. The molecule has 0 saturated heterocycles. The van der Waals surface area contributed by atoms with Crippen molar-refractivity contribution in [2.24, 2.45) is 11.5 Å².